The fourth-order valence-corrected chi connectivity index (χ4v) is 4.71. The van der Waals surface area contributed by atoms with Crippen LogP contribution < -0.4 is 0 Å². The average Bonchev–Trinajstić information content (AvgIpc) is 2.94. The number of hydrogen-bond acceptors (Lipinski definition) is 5. The molecular formula is C30H28N4O2. The Labute approximate surface area is 211 Å². The molecule has 6 heteroatoms. The first kappa shape index (κ1) is 23.5. The van der Waals surface area contributed by atoms with Crippen LogP contribution in [0.15, 0.2) is 120 Å². The molecule has 180 valence electrons. The lowest BCUT2D eigenvalue weighted by Crippen LogP contribution is -2.46. The molecule has 0 radical (unpaired) electrons. The zero-order valence-corrected chi connectivity index (χ0v) is 20.0. The minimum atomic E-state index is -0.377. The minimum Gasteiger partial charge on any atom is -0.294 e. The van der Waals surface area contributed by atoms with Crippen LogP contribution in [-0.2, 0) is 0 Å². The van der Waals surface area contributed by atoms with Gasteiger partial charge in [-0.05, 0) is 23.3 Å². The summed E-state index contributed by atoms with van der Waals surface area (Å²) in [6.45, 7) is 3.33. The largest absolute Gasteiger partial charge is 0.294 e. The number of piperazine rings is 1. The van der Waals surface area contributed by atoms with Crippen LogP contribution in [0, 0.1) is 10.1 Å². The smallest absolute Gasteiger partial charge is 0.269 e. The Kier molecular flexibility index (Phi) is 7.15. The van der Waals surface area contributed by atoms with Gasteiger partial charge in [0.25, 0.3) is 5.69 Å². The molecule has 0 aromatic heterocycles. The van der Waals surface area contributed by atoms with E-state index in [4.69, 9.17) is 5.10 Å². The Hall–Kier alpha value is -4.29. The second kappa shape index (κ2) is 11.0. The standard InChI is InChI=1S/C30H28N4O2/c35-34(36)28-18-16-25(17-19-28)29(24-10-4-1-5-11-24)31-33-22-20-32(21-23-33)30(26-12-6-2-7-13-26)27-14-8-3-9-15-27/h1-19,30H,20-23H2. The van der Waals surface area contributed by atoms with Gasteiger partial charge in [-0.2, -0.15) is 5.10 Å². The summed E-state index contributed by atoms with van der Waals surface area (Å²) in [5, 5.41) is 18.3. The van der Waals surface area contributed by atoms with Crippen molar-refractivity contribution in [1.29, 1.82) is 0 Å². The number of rotatable bonds is 7. The lowest BCUT2D eigenvalue weighted by atomic mass is 9.96. The molecule has 0 saturated carbocycles. The summed E-state index contributed by atoms with van der Waals surface area (Å²) < 4.78 is 0. The van der Waals surface area contributed by atoms with Crippen molar-refractivity contribution in [2.45, 2.75) is 6.04 Å². The molecule has 1 heterocycles. The number of benzene rings is 4. The Morgan fingerprint density at radius 3 is 1.64 bits per heavy atom. The van der Waals surface area contributed by atoms with E-state index in [1.54, 1.807) is 12.1 Å². The van der Waals surface area contributed by atoms with Crippen LogP contribution in [0.5, 0.6) is 0 Å². The topological polar surface area (TPSA) is 62.0 Å². The molecule has 1 saturated heterocycles. The Morgan fingerprint density at radius 2 is 1.14 bits per heavy atom. The van der Waals surface area contributed by atoms with Gasteiger partial charge < -0.3 is 0 Å². The molecule has 0 amide bonds. The van der Waals surface area contributed by atoms with Gasteiger partial charge in [-0.15, -0.1) is 0 Å². The van der Waals surface area contributed by atoms with Crippen molar-refractivity contribution in [1.82, 2.24) is 9.91 Å². The van der Waals surface area contributed by atoms with Gasteiger partial charge in [0.2, 0.25) is 0 Å². The molecule has 1 aliphatic heterocycles. The Balaban J connectivity index is 1.39. The summed E-state index contributed by atoms with van der Waals surface area (Å²) in [6.07, 6.45) is 0. The fourth-order valence-electron chi connectivity index (χ4n) is 4.71. The van der Waals surface area contributed by atoms with Crippen molar-refractivity contribution in [2.75, 3.05) is 26.2 Å². The highest BCUT2D eigenvalue weighted by atomic mass is 16.6. The first-order chi connectivity index (χ1) is 17.7. The van der Waals surface area contributed by atoms with Crippen molar-refractivity contribution in [3.63, 3.8) is 0 Å². The molecule has 0 N–H and O–H groups in total. The summed E-state index contributed by atoms with van der Waals surface area (Å²) in [5.41, 5.74) is 5.32. The highest BCUT2D eigenvalue weighted by Gasteiger charge is 2.26. The first-order valence-electron chi connectivity index (χ1n) is 12.2. The molecule has 36 heavy (non-hydrogen) atoms. The van der Waals surface area contributed by atoms with E-state index in [1.165, 1.54) is 23.3 Å². The first-order valence-corrected chi connectivity index (χ1v) is 12.2. The number of hydrogen-bond donors (Lipinski definition) is 0. The lowest BCUT2D eigenvalue weighted by molar-refractivity contribution is -0.384. The quantitative estimate of drug-likeness (QED) is 0.193. The second-order valence-electron chi connectivity index (χ2n) is 8.83. The summed E-state index contributed by atoms with van der Waals surface area (Å²) in [5.74, 6) is 0. The second-order valence-corrected chi connectivity index (χ2v) is 8.83. The maximum atomic E-state index is 11.1. The van der Waals surface area contributed by atoms with Crippen LogP contribution >= 0.6 is 0 Å². The van der Waals surface area contributed by atoms with Crippen LogP contribution in [0.25, 0.3) is 0 Å². The van der Waals surface area contributed by atoms with Crippen molar-refractivity contribution < 1.29 is 4.92 Å². The van der Waals surface area contributed by atoms with E-state index in [-0.39, 0.29) is 16.7 Å². The molecule has 1 aliphatic rings. The van der Waals surface area contributed by atoms with Crippen molar-refractivity contribution in [3.05, 3.63) is 148 Å². The van der Waals surface area contributed by atoms with Crippen LogP contribution in [0.4, 0.5) is 5.69 Å². The molecule has 0 aliphatic carbocycles. The highest BCUT2D eigenvalue weighted by Crippen LogP contribution is 2.29. The summed E-state index contributed by atoms with van der Waals surface area (Å²) in [6, 6.07) is 38.1. The van der Waals surface area contributed by atoms with Crippen LogP contribution in [0.2, 0.25) is 0 Å². The van der Waals surface area contributed by atoms with E-state index in [0.717, 1.165) is 43.0 Å². The van der Waals surface area contributed by atoms with Crippen LogP contribution in [0.3, 0.4) is 0 Å². The third kappa shape index (κ3) is 5.34. The normalized spacial score (nSPS) is 14.7. The number of nitro benzene ring substituents is 1. The molecule has 1 fully saturated rings. The minimum absolute atomic E-state index is 0.0765. The molecule has 0 spiro atoms. The predicted molar refractivity (Wildman–Crippen MR) is 143 cm³/mol. The van der Waals surface area contributed by atoms with E-state index in [0.29, 0.717) is 0 Å². The van der Waals surface area contributed by atoms with Gasteiger partial charge in [-0.3, -0.25) is 20.0 Å². The van der Waals surface area contributed by atoms with Gasteiger partial charge in [0.1, 0.15) is 0 Å². The molecule has 5 rings (SSSR count). The van der Waals surface area contributed by atoms with Gasteiger partial charge in [0.05, 0.1) is 16.7 Å². The fraction of sp³-hybridized carbons (Fsp3) is 0.167. The molecule has 0 atom stereocenters. The van der Waals surface area contributed by atoms with Crippen molar-refractivity contribution in [3.8, 4) is 0 Å². The Morgan fingerprint density at radius 1 is 0.667 bits per heavy atom. The number of hydrazone groups is 1. The van der Waals surface area contributed by atoms with E-state index in [9.17, 15) is 10.1 Å². The molecule has 4 aromatic carbocycles. The zero-order chi connectivity index (χ0) is 24.7. The van der Waals surface area contributed by atoms with Gasteiger partial charge in [-0.1, -0.05) is 91.0 Å². The third-order valence-electron chi connectivity index (χ3n) is 6.53. The number of nitro groups is 1. The Bertz CT molecular complexity index is 1260. The summed E-state index contributed by atoms with van der Waals surface area (Å²) in [7, 11) is 0. The molecule has 0 bridgehead atoms. The summed E-state index contributed by atoms with van der Waals surface area (Å²) in [4.78, 5) is 13.3. The molecule has 4 aromatic rings. The maximum Gasteiger partial charge on any atom is 0.269 e. The van der Waals surface area contributed by atoms with Crippen molar-refractivity contribution in [2.24, 2.45) is 5.10 Å². The van der Waals surface area contributed by atoms with Gasteiger partial charge in [-0.25, -0.2) is 0 Å². The lowest BCUT2D eigenvalue weighted by Gasteiger charge is -2.39. The summed E-state index contributed by atoms with van der Waals surface area (Å²) >= 11 is 0. The number of nitrogens with zero attached hydrogens (tertiary/aromatic N) is 4. The van der Waals surface area contributed by atoms with Gasteiger partial charge in [0.15, 0.2) is 0 Å². The molecule has 6 nitrogen and oxygen atoms in total. The van der Waals surface area contributed by atoms with Gasteiger partial charge in [0, 0.05) is 49.4 Å². The van der Waals surface area contributed by atoms with E-state index in [2.05, 4.69) is 70.6 Å². The van der Waals surface area contributed by atoms with E-state index >= 15 is 0 Å². The third-order valence-corrected chi connectivity index (χ3v) is 6.53. The average molecular weight is 477 g/mol. The van der Waals surface area contributed by atoms with E-state index < -0.39 is 0 Å². The number of non-ortho nitro benzene ring substituents is 1. The van der Waals surface area contributed by atoms with E-state index in [1.807, 2.05) is 30.3 Å². The van der Waals surface area contributed by atoms with Gasteiger partial charge >= 0.3 is 0 Å². The monoisotopic (exact) mass is 476 g/mol. The van der Waals surface area contributed by atoms with Crippen LogP contribution in [-0.4, -0.2) is 46.7 Å². The maximum absolute atomic E-state index is 11.1. The van der Waals surface area contributed by atoms with Crippen molar-refractivity contribution >= 4 is 11.4 Å². The highest BCUT2D eigenvalue weighted by molar-refractivity contribution is 6.12. The zero-order valence-electron chi connectivity index (χ0n) is 20.0. The molecular weight excluding hydrogens is 448 g/mol. The van der Waals surface area contributed by atoms with Crippen LogP contribution in [0.1, 0.15) is 28.3 Å². The molecule has 0 unspecified atom stereocenters. The SMILES string of the molecule is O=[N+]([O-])c1ccc(C(=NN2CCN(C(c3ccccc3)c3ccccc3)CC2)c2ccccc2)cc1. The predicted octanol–water partition coefficient (Wildman–Crippen LogP) is 5.75.